The van der Waals surface area contributed by atoms with E-state index in [-0.39, 0.29) is 24.0 Å². The van der Waals surface area contributed by atoms with E-state index >= 15 is 0 Å². The molecule has 0 bridgehead atoms. The largest absolute Gasteiger partial charge is 0.459 e. The Labute approximate surface area is 69.8 Å². The van der Waals surface area contributed by atoms with Crippen LogP contribution in [0.5, 0.6) is 0 Å². The third kappa shape index (κ3) is 0.906. The predicted molar refractivity (Wildman–Crippen MR) is 38.2 cm³/mol. The van der Waals surface area contributed by atoms with E-state index < -0.39 is 6.10 Å². The summed E-state index contributed by atoms with van der Waals surface area (Å²) in [6.45, 7) is 1.93. The lowest BCUT2D eigenvalue weighted by atomic mass is 9.96. The number of carbonyl (C=O) groups excluding carboxylic acids is 2. The van der Waals surface area contributed by atoms with E-state index in [2.05, 4.69) is 0 Å². The lowest BCUT2D eigenvalue weighted by Crippen LogP contribution is -2.20. The van der Waals surface area contributed by atoms with Crippen molar-refractivity contribution >= 4 is 11.9 Å². The molecule has 66 valence electrons. The molecule has 2 fully saturated rings. The first-order valence-electron chi connectivity index (χ1n) is 4.12. The zero-order valence-electron chi connectivity index (χ0n) is 6.78. The normalized spacial score (nSPS) is 39.2. The van der Waals surface area contributed by atoms with Crippen LogP contribution in [0.1, 0.15) is 19.8 Å². The van der Waals surface area contributed by atoms with Crippen molar-refractivity contribution in [3.8, 4) is 0 Å². The number of fused-ring (bicyclic) bond motifs is 1. The zero-order chi connectivity index (χ0) is 8.72. The van der Waals surface area contributed by atoms with E-state index in [0.29, 0.717) is 6.42 Å². The first-order chi connectivity index (χ1) is 5.72. The van der Waals surface area contributed by atoms with Crippen LogP contribution >= 0.6 is 0 Å². The molecule has 2 aliphatic heterocycles. The predicted octanol–water partition coefficient (Wildman–Crippen LogP) is 0.253. The highest BCUT2D eigenvalue weighted by molar-refractivity contribution is 5.85. The molecule has 0 aromatic carbocycles. The molecule has 0 aliphatic carbocycles. The average Bonchev–Trinajstić information content (AvgIpc) is 2.52. The Balaban J connectivity index is 2.18. The summed E-state index contributed by atoms with van der Waals surface area (Å²) in [6, 6.07) is 0. The van der Waals surface area contributed by atoms with Crippen molar-refractivity contribution in [1.82, 2.24) is 0 Å². The van der Waals surface area contributed by atoms with Gasteiger partial charge >= 0.3 is 11.9 Å². The highest BCUT2D eigenvalue weighted by Gasteiger charge is 2.51. The molecule has 0 aromatic heterocycles. The van der Waals surface area contributed by atoms with Crippen molar-refractivity contribution in [1.29, 1.82) is 0 Å². The molecular formula is C8H10O4. The molecule has 12 heavy (non-hydrogen) atoms. The van der Waals surface area contributed by atoms with Crippen molar-refractivity contribution in [2.24, 2.45) is 5.92 Å². The lowest BCUT2D eigenvalue weighted by molar-refractivity contribution is -0.158. The Bertz CT molecular complexity index is 235. The van der Waals surface area contributed by atoms with E-state index in [0.717, 1.165) is 6.42 Å². The fraction of sp³-hybridized carbons (Fsp3) is 0.750. The van der Waals surface area contributed by atoms with Crippen molar-refractivity contribution in [3.63, 3.8) is 0 Å². The van der Waals surface area contributed by atoms with Gasteiger partial charge in [-0.2, -0.15) is 0 Å². The smallest absolute Gasteiger partial charge is 0.348 e. The molecule has 3 atom stereocenters. The quantitative estimate of drug-likeness (QED) is 0.529. The molecule has 0 radical (unpaired) electrons. The summed E-state index contributed by atoms with van der Waals surface area (Å²) >= 11 is 0. The Morgan fingerprint density at radius 1 is 1.42 bits per heavy atom. The number of rotatable bonds is 1. The van der Waals surface area contributed by atoms with Crippen LogP contribution < -0.4 is 0 Å². The molecule has 0 N–H and O–H groups in total. The summed E-state index contributed by atoms with van der Waals surface area (Å²) in [5, 5.41) is 0. The minimum Gasteiger partial charge on any atom is -0.459 e. The first kappa shape index (κ1) is 7.58. The molecule has 0 amide bonds. The molecule has 0 aromatic rings. The third-order valence-corrected chi connectivity index (χ3v) is 2.43. The molecule has 0 unspecified atom stereocenters. The standard InChI is InChI=1S/C8H10O4/c1-2-5-4-3-6(9)12-7(4)8(10)11-5/h4-5,7H,2-3H2,1H3/t4-,5+,7-/m1/s1. The molecule has 0 spiro atoms. The van der Waals surface area contributed by atoms with Crippen LogP contribution in [-0.4, -0.2) is 24.1 Å². The van der Waals surface area contributed by atoms with E-state index in [1.165, 1.54) is 0 Å². The summed E-state index contributed by atoms with van der Waals surface area (Å²) < 4.78 is 9.83. The molecule has 0 saturated carbocycles. The molecular weight excluding hydrogens is 160 g/mol. The fourth-order valence-corrected chi connectivity index (χ4v) is 1.82. The van der Waals surface area contributed by atoms with Crippen molar-refractivity contribution in [2.45, 2.75) is 32.0 Å². The van der Waals surface area contributed by atoms with Gasteiger partial charge < -0.3 is 9.47 Å². The maximum Gasteiger partial charge on any atom is 0.348 e. The highest BCUT2D eigenvalue weighted by Crippen LogP contribution is 2.35. The third-order valence-electron chi connectivity index (χ3n) is 2.43. The van der Waals surface area contributed by atoms with Crippen LogP contribution in [0.3, 0.4) is 0 Å². The van der Waals surface area contributed by atoms with E-state index in [1.54, 1.807) is 0 Å². The van der Waals surface area contributed by atoms with E-state index in [1.807, 2.05) is 6.92 Å². The molecule has 2 heterocycles. The number of hydrogen-bond acceptors (Lipinski definition) is 4. The second-order valence-corrected chi connectivity index (χ2v) is 3.16. The Morgan fingerprint density at radius 2 is 2.17 bits per heavy atom. The minimum atomic E-state index is -0.609. The van der Waals surface area contributed by atoms with Crippen LogP contribution in [-0.2, 0) is 19.1 Å². The topological polar surface area (TPSA) is 52.6 Å². The van der Waals surface area contributed by atoms with Gasteiger partial charge in [-0.3, -0.25) is 4.79 Å². The van der Waals surface area contributed by atoms with Crippen LogP contribution in [0.4, 0.5) is 0 Å². The minimum absolute atomic E-state index is 0.0324. The Hall–Kier alpha value is -1.06. The summed E-state index contributed by atoms with van der Waals surface area (Å²) in [6.07, 6.45) is 0.356. The summed E-state index contributed by atoms with van der Waals surface area (Å²) in [5.41, 5.74) is 0. The van der Waals surface area contributed by atoms with Gasteiger partial charge in [0.15, 0.2) is 0 Å². The summed E-state index contributed by atoms with van der Waals surface area (Å²) in [4.78, 5) is 21.9. The van der Waals surface area contributed by atoms with E-state index in [9.17, 15) is 9.59 Å². The van der Waals surface area contributed by atoms with Gasteiger partial charge in [0.2, 0.25) is 6.10 Å². The fourth-order valence-electron chi connectivity index (χ4n) is 1.82. The number of ether oxygens (including phenoxy) is 2. The number of esters is 2. The maximum absolute atomic E-state index is 11.1. The number of hydrogen-bond donors (Lipinski definition) is 0. The Morgan fingerprint density at radius 3 is 2.83 bits per heavy atom. The molecule has 4 nitrogen and oxygen atoms in total. The molecule has 2 rings (SSSR count). The van der Waals surface area contributed by atoms with Crippen molar-refractivity contribution < 1.29 is 19.1 Å². The van der Waals surface area contributed by atoms with Crippen molar-refractivity contribution in [2.75, 3.05) is 0 Å². The second kappa shape index (κ2) is 2.47. The van der Waals surface area contributed by atoms with Crippen LogP contribution in [0.2, 0.25) is 0 Å². The SMILES string of the molecule is CC[C@@H]1OC(=O)[C@@H]2OC(=O)C[C@H]12. The zero-order valence-corrected chi connectivity index (χ0v) is 6.78. The van der Waals surface area contributed by atoms with Gasteiger partial charge in [-0.05, 0) is 6.42 Å². The van der Waals surface area contributed by atoms with Gasteiger partial charge in [-0.1, -0.05) is 6.92 Å². The molecule has 4 heteroatoms. The van der Waals surface area contributed by atoms with E-state index in [4.69, 9.17) is 9.47 Å². The van der Waals surface area contributed by atoms with Gasteiger partial charge in [-0.15, -0.1) is 0 Å². The van der Waals surface area contributed by atoms with Crippen LogP contribution in [0.25, 0.3) is 0 Å². The molecule has 2 saturated heterocycles. The maximum atomic E-state index is 11.1. The number of cyclic esters (lactones) is 1. The monoisotopic (exact) mass is 170 g/mol. The lowest BCUT2D eigenvalue weighted by Gasteiger charge is -2.09. The average molecular weight is 170 g/mol. The Kier molecular flexibility index (Phi) is 1.56. The van der Waals surface area contributed by atoms with Gasteiger partial charge in [0.1, 0.15) is 6.10 Å². The van der Waals surface area contributed by atoms with Crippen molar-refractivity contribution in [3.05, 3.63) is 0 Å². The van der Waals surface area contributed by atoms with Gasteiger partial charge in [0.05, 0.1) is 12.3 Å². The summed E-state index contributed by atoms with van der Waals surface area (Å²) in [5.74, 6) is -0.687. The van der Waals surface area contributed by atoms with Crippen LogP contribution in [0, 0.1) is 5.92 Å². The van der Waals surface area contributed by atoms with Gasteiger partial charge in [0, 0.05) is 0 Å². The second-order valence-electron chi connectivity index (χ2n) is 3.16. The van der Waals surface area contributed by atoms with Gasteiger partial charge in [0.25, 0.3) is 0 Å². The number of carbonyl (C=O) groups is 2. The van der Waals surface area contributed by atoms with Gasteiger partial charge in [-0.25, -0.2) is 4.79 Å². The highest BCUT2D eigenvalue weighted by atomic mass is 16.6. The summed E-state index contributed by atoms with van der Waals surface area (Å²) in [7, 11) is 0. The van der Waals surface area contributed by atoms with Crippen LogP contribution in [0.15, 0.2) is 0 Å². The first-order valence-corrected chi connectivity index (χ1v) is 4.12. The molecule has 2 aliphatic rings.